The monoisotopic (exact) mass is 222 g/mol. The van der Waals surface area contributed by atoms with Crippen LogP contribution in [0.5, 0.6) is 0 Å². The quantitative estimate of drug-likeness (QED) is 0.844. The van der Waals surface area contributed by atoms with E-state index in [2.05, 4.69) is 17.1 Å². The van der Waals surface area contributed by atoms with Gasteiger partial charge >= 0.3 is 0 Å². The summed E-state index contributed by atoms with van der Waals surface area (Å²) in [5.41, 5.74) is 1.75. The molecule has 1 unspecified atom stereocenters. The lowest BCUT2D eigenvalue weighted by atomic mass is 10.1. The summed E-state index contributed by atoms with van der Waals surface area (Å²) in [5.74, 6) is 0.582. The van der Waals surface area contributed by atoms with Crippen molar-refractivity contribution in [2.45, 2.75) is 19.9 Å². The second-order valence-corrected chi connectivity index (χ2v) is 4.66. The molecule has 1 aromatic rings. The molecule has 88 valence electrons. The first-order chi connectivity index (χ1) is 7.70. The van der Waals surface area contributed by atoms with Gasteiger partial charge in [-0.2, -0.15) is 0 Å². The number of benzene rings is 1. The third-order valence-corrected chi connectivity index (χ3v) is 3.16. The van der Waals surface area contributed by atoms with Crippen LogP contribution in [-0.4, -0.2) is 20.1 Å². The van der Waals surface area contributed by atoms with E-state index in [1.165, 1.54) is 0 Å². The van der Waals surface area contributed by atoms with Crippen LogP contribution in [0.15, 0.2) is 18.2 Å². The number of halogens is 1. The van der Waals surface area contributed by atoms with Crippen LogP contribution in [-0.2, 0) is 6.54 Å². The minimum atomic E-state index is -0.0955. The van der Waals surface area contributed by atoms with Gasteiger partial charge in [0, 0.05) is 19.6 Å². The summed E-state index contributed by atoms with van der Waals surface area (Å²) in [6, 6.07) is 5.53. The van der Waals surface area contributed by atoms with Crippen molar-refractivity contribution in [3.05, 3.63) is 29.6 Å². The highest BCUT2D eigenvalue weighted by molar-refractivity contribution is 5.50. The molecule has 1 saturated heterocycles. The summed E-state index contributed by atoms with van der Waals surface area (Å²) in [7, 11) is 1.87. The molecule has 1 heterocycles. The largest absolute Gasteiger partial charge is 0.369 e. The third-order valence-electron chi connectivity index (χ3n) is 3.16. The van der Waals surface area contributed by atoms with E-state index in [-0.39, 0.29) is 5.82 Å². The van der Waals surface area contributed by atoms with Gasteiger partial charge in [-0.05, 0) is 37.1 Å². The van der Waals surface area contributed by atoms with Crippen LogP contribution < -0.4 is 10.2 Å². The molecular weight excluding hydrogens is 203 g/mol. The molecule has 0 spiro atoms. The minimum absolute atomic E-state index is 0.0955. The Labute approximate surface area is 96.5 Å². The Hall–Kier alpha value is -1.09. The molecule has 0 aromatic heterocycles. The van der Waals surface area contributed by atoms with E-state index in [4.69, 9.17) is 0 Å². The maximum atomic E-state index is 13.9. The fraction of sp³-hybridized carbons (Fsp3) is 0.538. The predicted octanol–water partition coefficient (Wildman–Crippen LogP) is 2.39. The van der Waals surface area contributed by atoms with Crippen molar-refractivity contribution in [1.29, 1.82) is 0 Å². The summed E-state index contributed by atoms with van der Waals surface area (Å²) >= 11 is 0. The van der Waals surface area contributed by atoms with Gasteiger partial charge < -0.3 is 10.2 Å². The fourth-order valence-electron chi connectivity index (χ4n) is 2.27. The van der Waals surface area contributed by atoms with E-state index in [1.807, 2.05) is 19.2 Å². The van der Waals surface area contributed by atoms with Gasteiger partial charge in [-0.25, -0.2) is 4.39 Å². The zero-order valence-electron chi connectivity index (χ0n) is 9.96. The first kappa shape index (κ1) is 11.4. The number of nitrogens with one attached hydrogen (secondary N) is 1. The standard InChI is InChI=1S/C13H19FN2/c1-10-5-6-16(9-10)13-4-3-11(8-15-2)7-12(13)14/h3-4,7,10,15H,5-6,8-9H2,1-2H3. The molecule has 2 rings (SSSR count). The lowest BCUT2D eigenvalue weighted by molar-refractivity contribution is 0.616. The lowest BCUT2D eigenvalue weighted by Crippen LogP contribution is -2.20. The smallest absolute Gasteiger partial charge is 0.146 e. The van der Waals surface area contributed by atoms with Gasteiger partial charge in [0.05, 0.1) is 5.69 Å². The topological polar surface area (TPSA) is 15.3 Å². The molecular formula is C13H19FN2. The van der Waals surface area contributed by atoms with E-state index in [9.17, 15) is 4.39 Å². The van der Waals surface area contributed by atoms with Gasteiger partial charge in [-0.15, -0.1) is 0 Å². The average Bonchev–Trinajstić information content (AvgIpc) is 2.65. The Morgan fingerprint density at radius 2 is 2.31 bits per heavy atom. The molecule has 3 heteroatoms. The number of anilines is 1. The van der Waals surface area contributed by atoms with Crippen molar-refractivity contribution in [1.82, 2.24) is 5.32 Å². The molecule has 16 heavy (non-hydrogen) atoms. The minimum Gasteiger partial charge on any atom is -0.369 e. The molecule has 1 aromatic carbocycles. The molecule has 2 nitrogen and oxygen atoms in total. The third kappa shape index (κ3) is 2.35. The first-order valence-electron chi connectivity index (χ1n) is 5.88. The zero-order valence-corrected chi connectivity index (χ0v) is 9.96. The number of nitrogens with zero attached hydrogens (tertiary/aromatic N) is 1. The van der Waals surface area contributed by atoms with E-state index in [0.29, 0.717) is 12.5 Å². The van der Waals surface area contributed by atoms with Crippen LogP contribution in [0.3, 0.4) is 0 Å². The zero-order chi connectivity index (χ0) is 11.5. The highest BCUT2D eigenvalue weighted by Gasteiger charge is 2.21. The van der Waals surface area contributed by atoms with Gasteiger partial charge in [0.1, 0.15) is 5.82 Å². The van der Waals surface area contributed by atoms with Crippen LogP contribution in [0.1, 0.15) is 18.9 Å². The molecule has 0 radical (unpaired) electrons. The molecule has 1 aliphatic rings. The van der Waals surface area contributed by atoms with Crippen LogP contribution in [0.4, 0.5) is 10.1 Å². The highest BCUT2D eigenvalue weighted by Crippen LogP contribution is 2.26. The molecule has 0 aliphatic carbocycles. The lowest BCUT2D eigenvalue weighted by Gasteiger charge is -2.19. The summed E-state index contributed by atoms with van der Waals surface area (Å²) in [6.07, 6.45) is 1.16. The second kappa shape index (κ2) is 4.83. The maximum absolute atomic E-state index is 13.9. The van der Waals surface area contributed by atoms with E-state index >= 15 is 0 Å². The van der Waals surface area contributed by atoms with Crippen LogP contribution in [0.2, 0.25) is 0 Å². The van der Waals surface area contributed by atoms with Gasteiger partial charge in [-0.3, -0.25) is 0 Å². The predicted molar refractivity (Wildman–Crippen MR) is 65.2 cm³/mol. The Morgan fingerprint density at radius 1 is 1.50 bits per heavy atom. The van der Waals surface area contributed by atoms with Gasteiger partial charge in [0.15, 0.2) is 0 Å². The SMILES string of the molecule is CNCc1ccc(N2CCC(C)C2)c(F)c1. The van der Waals surface area contributed by atoms with E-state index < -0.39 is 0 Å². The molecule has 1 aliphatic heterocycles. The Kier molecular flexibility index (Phi) is 3.44. The average molecular weight is 222 g/mol. The normalized spacial score (nSPS) is 20.4. The number of hydrogen-bond acceptors (Lipinski definition) is 2. The first-order valence-corrected chi connectivity index (χ1v) is 5.88. The Balaban J connectivity index is 2.16. The van der Waals surface area contributed by atoms with Crippen LogP contribution in [0.25, 0.3) is 0 Å². The summed E-state index contributed by atoms with van der Waals surface area (Å²) < 4.78 is 13.9. The number of rotatable bonds is 3. The Morgan fingerprint density at radius 3 is 2.88 bits per heavy atom. The Bertz CT molecular complexity index is 365. The second-order valence-electron chi connectivity index (χ2n) is 4.66. The fourth-order valence-corrected chi connectivity index (χ4v) is 2.27. The van der Waals surface area contributed by atoms with E-state index in [1.54, 1.807) is 6.07 Å². The van der Waals surface area contributed by atoms with E-state index in [0.717, 1.165) is 30.8 Å². The van der Waals surface area contributed by atoms with Crippen molar-refractivity contribution in [3.63, 3.8) is 0 Å². The summed E-state index contributed by atoms with van der Waals surface area (Å²) in [4.78, 5) is 2.14. The molecule has 0 amide bonds. The molecule has 1 fully saturated rings. The number of hydrogen-bond donors (Lipinski definition) is 1. The van der Waals surface area contributed by atoms with Crippen LogP contribution >= 0.6 is 0 Å². The van der Waals surface area contributed by atoms with Gasteiger partial charge in [0.2, 0.25) is 0 Å². The maximum Gasteiger partial charge on any atom is 0.146 e. The van der Waals surface area contributed by atoms with Crippen molar-refractivity contribution in [3.8, 4) is 0 Å². The van der Waals surface area contributed by atoms with Crippen molar-refractivity contribution in [2.24, 2.45) is 5.92 Å². The van der Waals surface area contributed by atoms with Crippen molar-refractivity contribution in [2.75, 3.05) is 25.0 Å². The van der Waals surface area contributed by atoms with Gasteiger partial charge in [0.25, 0.3) is 0 Å². The van der Waals surface area contributed by atoms with Crippen LogP contribution in [0, 0.1) is 11.7 Å². The molecule has 1 N–H and O–H groups in total. The molecule has 0 saturated carbocycles. The highest BCUT2D eigenvalue weighted by atomic mass is 19.1. The summed E-state index contributed by atoms with van der Waals surface area (Å²) in [5, 5.41) is 3.03. The summed E-state index contributed by atoms with van der Waals surface area (Å²) in [6.45, 7) is 4.88. The van der Waals surface area contributed by atoms with Crippen molar-refractivity contribution < 1.29 is 4.39 Å². The van der Waals surface area contributed by atoms with Gasteiger partial charge in [-0.1, -0.05) is 13.0 Å². The molecule has 0 bridgehead atoms. The van der Waals surface area contributed by atoms with Crippen molar-refractivity contribution >= 4 is 5.69 Å². The molecule has 1 atom stereocenters.